The number of Topliss-reactive ketones (excluding diaryl/α,β-unsaturated/α-hetero) is 1. The molecule has 4 rings (SSSR count). The topological polar surface area (TPSA) is 83.6 Å². The van der Waals surface area contributed by atoms with Crippen LogP contribution in [-0.4, -0.2) is 34.4 Å². The SMILES string of the molecule is C[C@H](CC(=O)c1ccc2c(c1)CN(C1CCC(=O)NC1=O)C2=O)C1CCCCC1. The highest BCUT2D eigenvalue weighted by atomic mass is 16.2. The lowest BCUT2D eigenvalue weighted by molar-refractivity contribution is -0.136. The maximum Gasteiger partial charge on any atom is 0.255 e. The van der Waals surface area contributed by atoms with E-state index in [1.165, 1.54) is 37.0 Å². The number of hydrogen-bond acceptors (Lipinski definition) is 4. The highest BCUT2D eigenvalue weighted by molar-refractivity contribution is 6.06. The molecule has 6 nitrogen and oxygen atoms in total. The number of imide groups is 1. The molecule has 1 aromatic carbocycles. The molecule has 2 aliphatic heterocycles. The number of hydrogen-bond donors (Lipinski definition) is 1. The van der Waals surface area contributed by atoms with Crippen molar-refractivity contribution in [1.29, 1.82) is 0 Å². The first-order valence-corrected chi connectivity index (χ1v) is 10.7. The van der Waals surface area contributed by atoms with Gasteiger partial charge in [0.15, 0.2) is 5.78 Å². The van der Waals surface area contributed by atoms with Crippen LogP contribution in [0.4, 0.5) is 0 Å². The molecular weight excluding hydrogens is 368 g/mol. The van der Waals surface area contributed by atoms with Gasteiger partial charge in [0.2, 0.25) is 11.8 Å². The van der Waals surface area contributed by atoms with Crippen molar-refractivity contribution in [3.05, 3.63) is 34.9 Å². The van der Waals surface area contributed by atoms with Gasteiger partial charge in [0, 0.05) is 30.5 Å². The predicted molar refractivity (Wildman–Crippen MR) is 107 cm³/mol. The molecule has 0 spiro atoms. The molecular formula is C23H28N2O4. The lowest BCUT2D eigenvalue weighted by Gasteiger charge is -2.29. The second-order valence-electron chi connectivity index (χ2n) is 8.77. The summed E-state index contributed by atoms with van der Waals surface area (Å²) in [6, 6.07) is 4.63. The smallest absolute Gasteiger partial charge is 0.255 e. The Morgan fingerprint density at radius 2 is 1.90 bits per heavy atom. The average molecular weight is 396 g/mol. The van der Waals surface area contributed by atoms with E-state index in [9.17, 15) is 19.2 Å². The van der Waals surface area contributed by atoms with Gasteiger partial charge in [-0.05, 0) is 36.0 Å². The molecule has 1 unspecified atom stereocenters. The van der Waals surface area contributed by atoms with E-state index in [0.29, 0.717) is 42.3 Å². The van der Waals surface area contributed by atoms with E-state index >= 15 is 0 Å². The van der Waals surface area contributed by atoms with Gasteiger partial charge < -0.3 is 4.90 Å². The van der Waals surface area contributed by atoms with Gasteiger partial charge in [-0.3, -0.25) is 24.5 Å². The van der Waals surface area contributed by atoms with Gasteiger partial charge >= 0.3 is 0 Å². The van der Waals surface area contributed by atoms with E-state index in [4.69, 9.17) is 0 Å². The van der Waals surface area contributed by atoms with Crippen molar-refractivity contribution in [2.45, 2.75) is 70.9 Å². The molecule has 2 atom stereocenters. The molecule has 1 N–H and O–H groups in total. The number of carbonyl (C=O) groups excluding carboxylic acids is 4. The lowest BCUT2D eigenvalue weighted by atomic mass is 9.78. The summed E-state index contributed by atoms with van der Waals surface area (Å²) < 4.78 is 0. The van der Waals surface area contributed by atoms with Crippen molar-refractivity contribution in [2.75, 3.05) is 0 Å². The fourth-order valence-corrected chi connectivity index (χ4v) is 5.03. The van der Waals surface area contributed by atoms with Gasteiger partial charge in [0.05, 0.1) is 0 Å². The third-order valence-corrected chi connectivity index (χ3v) is 6.81. The Hall–Kier alpha value is -2.50. The Balaban J connectivity index is 1.45. The highest BCUT2D eigenvalue weighted by Gasteiger charge is 2.39. The normalized spacial score (nSPS) is 23.7. The van der Waals surface area contributed by atoms with Crippen LogP contribution in [0.1, 0.15) is 84.6 Å². The lowest BCUT2D eigenvalue weighted by Crippen LogP contribution is -2.52. The van der Waals surface area contributed by atoms with Crippen LogP contribution in [0, 0.1) is 11.8 Å². The van der Waals surface area contributed by atoms with Gasteiger partial charge in [-0.15, -0.1) is 0 Å². The summed E-state index contributed by atoms with van der Waals surface area (Å²) in [7, 11) is 0. The molecule has 6 heteroatoms. The number of ketones is 1. The third kappa shape index (κ3) is 3.98. The molecule has 2 fully saturated rings. The number of benzene rings is 1. The first-order valence-electron chi connectivity index (χ1n) is 10.7. The number of carbonyl (C=O) groups is 4. The van der Waals surface area contributed by atoms with E-state index in [2.05, 4.69) is 12.2 Å². The molecule has 0 radical (unpaired) electrons. The minimum absolute atomic E-state index is 0.123. The minimum Gasteiger partial charge on any atom is -0.322 e. The molecule has 29 heavy (non-hydrogen) atoms. The van der Waals surface area contributed by atoms with Crippen LogP contribution in [-0.2, 0) is 16.1 Å². The summed E-state index contributed by atoms with van der Waals surface area (Å²) in [5.41, 5.74) is 1.98. The van der Waals surface area contributed by atoms with Crippen LogP contribution >= 0.6 is 0 Å². The van der Waals surface area contributed by atoms with Crippen LogP contribution in [0.2, 0.25) is 0 Å². The number of fused-ring (bicyclic) bond motifs is 1. The Morgan fingerprint density at radius 1 is 1.14 bits per heavy atom. The van der Waals surface area contributed by atoms with Gasteiger partial charge in [0.25, 0.3) is 5.91 Å². The molecule has 1 aliphatic carbocycles. The summed E-state index contributed by atoms with van der Waals surface area (Å²) in [6.07, 6.45) is 7.38. The van der Waals surface area contributed by atoms with E-state index in [1.807, 2.05) is 6.07 Å². The predicted octanol–water partition coefficient (Wildman–Crippen LogP) is 3.24. The average Bonchev–Trinajstić information content (AvgIpc) is 3.04. The van der Waals surface area contributed by atoms with E-state index in [-0.39, 0.29) is 24.0 Å². The Kier molecular flexibility index (Phi) is 5.52. The largest absolute Gasteiger partial charge is 0.322 e. The summed E-state index contributed by atoms with van der Waals surface area (Å²) in [5.74, 6) is 0.210. The number of piperidine rings is 1. The molecule has 3 aliphatic rings. The van der Waals surface area contributed by atoms with Crippen molar-refractivity contribution in [2.24, 2.45) is 11.8 Å². The number of nitrogens with one attached hydrogen (secondary N) is 1. The number of rotatable bonds is 5. The maximum absolute atomic E-state index is 12.9. The monoisotopic (exact) mass is 396 g/mol. The van der Waals surface area contributed by atoms with Crippen LogP contribution < -0.4 is 5.32 Å². The molecule has 1 saturated heterocycles. The quantitative estimate of drug-likeness (QED) is 0.612. The fraction of sp³-hybridized carbons (Fsp3) is 0.565. The van der Waals surface area contributed by atoms with Crippen molar-refractivity contribution < 1.29 is 19.2 Å². The van der Waals surface area contributed by atoms with Crippen LogP contribution in [0.15, 0.2) is 18.2 Å². The zero-order chi connectivity index (χ0) is 20.5. The van der Waals surface area contributed by atoms with Crippen molar-refractivity contribution in [3.8, 4) is 0 Å². The Morgan fingerprint density at radius 3 is 2.62 bits per heavy atom. The number of nitrogens with zero attached hydrogens (tertiary/aromatic N) is 1. The van der Waals surface area contributed by atoms with E-state index in [1.54, 1.807) is 12.1 Å². The fourth-order valence-electron chi connectivity index (χ4n) is 5.03. The summed E-state index contributed by atoms with van der Waals surface area (Å²) in [4.78, 5) is 50.7. The van der Waals surface area contributed by atoms with Crippen molar-refractivity contribution in [1.82, 2.24) is 10.2 Å². The molecule has 1 saturated carbocycles. The standard InChI is InChI=1S/C23H28N2O4/c1-14(15-5-3-2-4-6-15)11-20(26)16-7-8-18-17(12-16)13-25(23(18)29)19-9-10-21(27)24-22(19)28/h7-8,12,14-15,19H,2-6,9-11,13H2,1H3,(H,24,27,28)/t14-,19?/m1/s1. The first-order chi connectivity index (χ1) is 13.9. The second kappa shape index (κ2) is 8.09. The third-order valence-electron chi connectivity index (χ3n) is 6.81. The highest BCUT2D eigenvalue weighted by Crippen LogP contribution is 2.33. The Labute approximate surface area is 171 Å². The van der Waals surface area contributed by atoms with Crippen molar-refractivity contribution in [3.63, 3.8) is 0 Å². The summed E-state index contributed by atoms with van der Waals surface area (Å²) in [5, 5.41) is 2.31. The maximum atomic E-state index is 12.9. The first kappa shape index (κ1) is 19.8. The van der Waals surface area contributed by atoms with Crippen LogP contribution in [0.5, 0.6) is 0 Å². The van der Waals surface area contributed by atoms with E-state index in [0.717, 1.165) is 5.56 Å². The van der Waals surface area contributed by atoms with Gasteiger partial charge in [-0.2, -0.15) is 0 Å². The van der Waals surface area contributed by atoms with E-state index < -0.39 is 11.9 Å². The Bertz CT molecular complexity index is 856. The van der Waals surface area contributed by atoms with Gasteiger partial charge in [-0.1, -0.05) is 45.1 Å². The molecule has 154 valence electrons. The van der Waals surface area contributed by atoms with Crippen molar-refractivity contribution >= 4 is 23.5 Å². The zero-order valence-corrected chi connectivity index (χ0v) is 16.9. The minimum atomic E-state index is -0.627. The second-order valence-corrected chi connectivity index (χ2v) is 8.77. The molecule has 0 aromatic heterocycles. The van der Waals surface area contributed by atoms with Gasteiger partial charge in [-0.25, -0.2) is 0 Å². The zero-order valence-electron chi connectivity index (χ0n) is 16.9. The van der Waals surface area contributed by atoms with Crippen LogP contribution in [0.3, 0.4) is 0 Å². The summed E-state index contributed by atoms with van der Waals surface area (Å²) in [6.45, 7) is 2.48. The van der Waals surface area contributed by atoms with Gasteiger partial charge in [0.1, 0.15) is 6.04 Å². The molecule has 3 amide bonds. The number of amides is 3. The van der Waals surface area contributed by atoms with Crippen LogP contribution in [0.25, 0.3) is 0 Å². The molecule has 2 heterocycles. The molecule has 0 bridgehead atoms. The molecule has 1 aromatic rings. The summed E-state index contributed by atoms with van der Waals surface area (Å²) >= 11 is 0.